The first-order valence-corrected chi connectivity index (χ1v) is 11.9. The molecule has 0 unspecified atom stereocenters. The van der Waals surface area contributed by atoms with E-state index in [-0.39, 0.29) is 33.3 Å². The molecule has 2 heterocycles. The Hall–Kier alpha value is -2.00. The van der Waals surface area contributed by atoms with Crippen molar-refractivity contribution in [3.05, 3.63) is 35.4 Å². The fourth-order valence-corrected chi connectivity index (χ4v) is 4.75. The first-order valence-electron chi connectivity index (χ1n) is 11.9. The van der Waals surface area contributed by atoms with E-state index in [4.69, 9.17) is 10.2 Å². The second-order valence-electron chi connectivity index (χ2n) is 11.8. The molecule has 34 heavy (non-hydrogen) atoms. The zero-order valence-electron chi connectivity index (χ0n) is 22.1. The monoisotopic (exact) mass is 480 g/mol. The van der Waals surface area contributed by atoms with E-state index >= 15 is 0 Å². The molecule has 0 atom stereocenters. The fourth-order valence-electron chi connectivity index (χ4n) is 4.75. The molecule has 0 amide bonds. The molecule has 0 saturated carbocycles. The summed E-state index contributed by atoms with van der Waals surface area (Å²) in [6.45, 7) is 16.7. The Balaban J connectivity index is 0.000000255. The summed E-state index contributed by atoms with van der Waals surface area (Å²) in [5.41, 5.74) is -0.197. The Labute approximate surface area is 204 Å². The van der Waals surface area contributed by atoms with E-state index in [0.717, 1.165) is 31.7 Å². The topological polar surface area (TPSA) is 122 Å². The Morgan fingerprint density at radius 3 is 1.12 bits per heavy atom. The Kier molecular flexibility index (Phi) is 9.86. The molecule has 2 saturated heterocycles. The fraction of sp³-hybridized carbons (Fsp3) is 0.692. The average molecular weight is 481 g/mol. The normalized spacial score (nSPS) is 22.9. The third-order valence-electron chi connectivity index (χ3n) is 6.80. The predicted octanol–water partition coefficient (Wildman–Crippen LogP) is 5.92. The van der Waals surface area contributed by atoms with Gasteiger partial charge in [0.05, 0.1) is 11.1 Å². The highest BCUT2D eigenvalue weighted by molar-refractivity contribution is 5.93. The molecule has 4 N–H and O–H groups in total. The number of hydrogen-bond acceptors (Lipinski definition) is 6. The average Bonchev–Trinajstić information content (AvgIpc) is 2.71. The minimum absolute atomic E-state index is 0.0186. The quantitative estimate of drug-likeness (QED) is 0.411. The molecule has 8 nitrogen and oxygen atoms in total. The van der Waals surface area contributed by atoms with Crippen molar-refractivity contribution >= 4 is 11.9 Å². The molecule has 1 aromatic carbocycles. The van der Waals surface area contributed by atoms with E-state index in [0.29, 0.717) is 0 Å². The van der Waals surface area contributed by atoms with Crippen LogP contribution in [0.25, 0.3) is 0 Å². The van der Waals surface area contributed by atoms with Crippen molar-refractivity contribution in [1.29, 1.82) is 0 Å². The third-order valence-corrected chi connectivity index (χ3v) is 6.80. The van der Waals surface area contributed by atoms with Gasteiger partial charge in [-0.3, -0.25) is 0 Å². The van der Waals surface area contributed by atoms with Crippen LogP contribution in [-0.4, -0.2) is 64.8 Å². The number of nitrogens with zero attached hydrogens (tertiary/aromatic N) is 2. The van der Waals surface area contributed by atoms with Gasteiger partial charge in [-0.15, -0.1) is 0 Å². The van der Waals surface area contributed by atoms with Gasteiger partial charge >= 0.3 is 11.9 Å². The van der Waals surface area contributed by atoms with Crippen LogP contribution in [0.5, 0.6) is 0 Å². The van der Waals surface area contributed by atoms with Gasteiger partial charge in [0.15, 0.2) is 0 Å². The van der Waals surface area contributed by atoms with Crippen molar-refractivity contribution in [2.24, 2.45) is 0 Å². The van der Waals surface area contributed by atoms with Gasteiger partial charge in [0.2, 0.25) is 0 Å². The maximum absolute atomic E-state index is 10.4. The Morgan fingerprint density at radius 2 is 0.912 bits per heavy atom. The predicted molar refractivity (Wildman–Crippen MR) is 132 cm³/mol. The van der Waals surface area contributed by atoms with E-state index in [9.17, 15) is 20.0 Å². The lowest BCUT2D eigenvalue weighted by molar-refractivity contribution is -0.241. The molecular weight excluding hydrogens is 436 g/mol. The van der Waals surface area contributed by atoms with Crippen LogP contribution in [0.3, 0.4) is 0 Å². The first kappa shape index (κ1) is 30.0. The molecule has 0 radical (unpaired) electrons. The summed E-state index contributed by atoms with van der Waals surface area (Å²) in [6, 6.07) is 5.20. The largest absolute Gasteiger partial charge is 0.478 e. The molecule has 2 aliphatic rings. The lowest BCUT2D eigenvalue weighted by atomic mass is 9.82. The summed E-state index contributed by atoms with van der Waals surface area (Å²) in [6.07, 6.45) is 6.80. The molecular formula is C26H44N2O6. The summed E-state index contributed by atoms with van der Waals surface area (Å²) in [5.74, 6) is -2.25. The van der Waals surface area contributed by atoms with Gasteiger partial charge in [-0.05, 0) is 112 Å². The molecule has 0 spiro atoms. The van der Waals surface area contributed by atoms with Crippen molar-refractivity contribution in [2.45, 2.75) is 116 Å². The third kappa shape index (κ3) is 8.05. The van der Waals surface area contributed by atoms with Crippen LogP contribution in [0, 0.1) is 0 Å². The van der Waals surface area contributed by atoms with Crippen LogP contribution in [0.15, 0.2) is 24.3 Å². The SMILES string of the molecule is CC1(C)CCCC(C)(C)N1O.CC1(C)CCCC(C)(C)N1O.O=C(O)c1cccc(C(=O)O)c1. The summed E-state index contributed by atoms with van der Waals surface area (Å²) in [4.78, 5) is 20.8. The molecule has 8 heteroatoms. The Morgan fingerprint density at radius 1 is 0.647 bits per heavy atom. The molecule has 0 aromatic heterocycles. The molecule has 0 bridgehead atoms. The maximum atomic E-state index is 10.4. The van der Waals surface area contributed by atoms with Crippen LogP contribution in [0.4, 0.5) is 0 Å². The van der Waals surface area contributed by atoms with Crippen molar-refractivity contribution < 1.29 is 30.2 Å². The van der Waals surface area contributed by atoms with Gasteiger partial charge in [0.1, 0.15) is 0 Å². The summed E-state index contributed by atoms with van der Waals surface area (Å²) in [7, 11) is 0. The van der Waals surface area contributed by atoms with Gasteiger partial charge < -0.3 is 20.6 Å². The number of carbonyl (C=O) groups is 2. The number of hydrogen-bond donors (Lipinski definition) is 4. The maximum Gasteiger partial charge on any atom is 0.335 e. The highest BCUT2D eigenvalue weighted by Gasteiger charge is 2.41. The van der Waals surface area contributed by atoms with E-state index in [1.807, 2.05) is 0 Å². The highest BCUT2D eigenvalue weighted by Crippen LogP contribution is 2.36. The van der Waals surface area contributed by atoms with E-state index in [2.05, 4.69) is 55.4 Å². The second-order valence-corrected chi connectivity index (χ2v) is 11.8. The van der Waals surface area contributed by atoms with Crippen molar-refractivity contribution in [3.8, 4) is 0 Å². The van der Waals surface area contributed by atoms with Crippen LogP contribution >= 0.6 is 0 Å². The van der Waals surface area contributed by atoms with E-state index in [1.54, 1.807) is 0 Å². The van der Waals surface area contributed by atoms with E-state index < -0.39 is 11.9 Å². The second kappa shape index (κ2) is 11.2. The molecule has 194 valence electrons. The number of hydroxylamine groups is 4. The lowest BCUT2D eigenvalue weighted by Gasteiger charge is -2.48. The lowest BCUT2D eigenvalue weighted by Crippen LogP contribution is -2.56. The van der Waals surface area contributed by atoms with Crippen LogP contribution in [0.2, 0.25) is 0 Å². The number of piperidine rings is 2. The molecule has 1 aromatic rings. The van der Waals surface area contributed by atoms with Gasteiger partial charge in [0, 0.05) is 22.2 Å². The van der Waals surface area contributed by atoms with Gasteiger partial charge in [0.25, 0.3) is 0 Å². The van der Waals surface area contributed by atoms with Crippen molar-refractivity contribution in [2.75, 3.05) is 0 Å². The standard InChI is InChI=1S/2C9H19NO.C8H6O4/c2*1-8(2)6-5-7-9(3,4)10(8)11;9-7(10)5-2-1-3-6(4-5)8(11)12/h2*11H,5-7H2,1-4H3;1-4H,(H,9,10)(H,11,12). The summed E-state index contributed by atoms with van der Waals surface area (Å²) in [5, 5.41) is 39.6. The van der Waals surface area contributed by atoms with Crippen LogP contribution < -0.4 is 0 Å². The molecule has 0 aliphatic carbocycles. The number of carboxylic acid groups (broad SMARTS) is 2. The van der Waals surface area contributed by atoms with Gasteiger partial charge in [-0.25, -0.2) is 9.59 Å². The number of benzene rings is 1. The van der Waals surface area contributed by atoms with Gasteiger partial charge in [-0.2, -0.15) is 10.1 Å². The summed E-state index contributed by atoms with van der Waals surface area (Å²) < 4.78 is 0. The van der Waals surface area contributed by atoms with Gasteiger partial charge in [-0.1, -0.05) is 6.07 Å². The van der Waals surface area contributed by atoms with E-state index in [1.165, 1.54) is 41.2 Å². The number of rotatable bonds is 2. The Bertz CT molecular complexity index is 750. The molecule has 3 rings (SSSR count). The molecule has 2 fully saturated rings. The summed E-state index contributed by atoms with van der Waals surface area (Å²) >= 11 is 0. The molecule has 2 aliphatic heterocycles. The minimum Gasteiger partial charge on any atom is -0.478 e. The van der Waals surface area contributed by atoms with Crippen molar-refractivity contribution in [3.63, 3.8) is 0 Å². The van der Waals surface area contributed by atoms with Crippen LogP contribution in [0.1, 0.15) is 115 Å². The zero-order chi connectivity index (χ0) is 26.5. The number of carboxylic acids is 2. The highest BCUT2D eigenvalue weighted by atomic mass is 16.5. The van der Waals surface area contributed by atoms with Crippen molar-refractivity contribution in [1.82, 2.24) is 10.1 Å². The first-order chi connectivity index (χ1) is 15.3. The minimum atomic E-state index is -1.13. The van der Waals surface area contributed by atoms with Crippen LogP contribution in [-0.2, 0) is 0 Å². The zero-order valence-corrected chi connectivity index (χ0v) is 22.1. The smallest absolute Gasteiger partial charge is 0.335 e. The number of aromatic carboxylic acids is 2.